The molecule has 0 bridgehead atoms. The molecule has 18 heavy (non-hydrogen) atoms. The normalized spacial score (nSPS) is 10.1. The van der Waals surface area contributed by atoms with Gasteiger partial charge in [-0.3, -0.25) is 9.59 Å². The van der Waals surface area contributed by atoms with Crippen molar-refractivity contribution in [1.82, 2.24) is 0 Å². The predicted molar refractivity (Wildman–Crippen MR) is 75.8 cm³/mol. The Morgan fingerprint density at radius 3 is 2.78 bits per heavy atom. The number of rotatable bonds is 7. The Labute approximate surface area is 115 Å². The number of primary amides is 1. The molecular formula is C13H17BrN2O2. The summed E-state index contributed by atoms with van der Waals surface area (Å²) in [5.41, 5.74) is 6.55. The fourth-order valence-corrected chi connectivity index (χ4v) is 2.11. The lowest BCUT2D eigenvalue weighted by Crippen LogP contribution is -2.35. The number of anilines is 1. The van der Waals surface area contributed by atoms with Crippen LogP contribution in [0.15, 0.2) is 22.7 Å². The lowest BCUT2D eigenvalue weighted by atomic mass is 10.1. The molecule has 0 saturated heterocycles. The highest BCUT2D eigenvalue weighted by atomic mass is 79.9. The number of hydrogen-bond donors (Lipinski definition) is 1. The summed E-state index contributed by atoms with van der Waals surface area (Å²) in [6.07, 6.45) is 2.75. The van der Waals surface area contributed by atoms with E-state index < -0.39 is 5.91 Å². The Bertz CT molecular complexity index is 435. The van der Waals surface area contributed by atoms with Crippen molar-refractivity contribution >= 4 is 33.8 Å². The molecule has 4 nitrogen and oxygen atoms in total. The van der Waals surface area contributed by atoms with Crippen LogP contribution in [0.25, 0.3) is 0 Å². The smallest absolute Gasteiger partial charge is 0.236 e. The van der Waals surface area contributed by atoms with E-state index >= 15 is 0 Å². The minimum atomic E-state index is -0.397. The van der Waals surface area contributed by atoms with Crippen molar-refractivity contribution < 1.29 is 9.59 Å². The molecule has 0 aromatic heterocycles. The molecule has 2 N–H and O–H groups in total. The molecule has 0 aliphatic heterocycles. The van der Waals surface area contributed by atoms with Gasteiger partial charge in [-0.05, 0) is 24.6 Å². The minimum Gasteiger partial charge on any atom is -0.368 e. The zero-order chi connectivity index (χ0) is 13.5. The van der Waals surface area contributed by atoms with Crippen molar-refractivity contribution in [3.8, 4) is 0 Å². The molecule has 0 aliphatic rings. The van der Waals surface area contributed by atoms with Crippen molar-refractivity contribution in [3.05, 3.63) is 28.2 Å². The molecular weight excluding hydrogens is 296 g/mol. The summed E-state index contributed by atoms with van der Waals surface area (Å²) in [7, 11) is 0. The van der Waals surface area contributed by atoms with E-state index in [9.17, 15) is 9.59 Å². The highest BCUT2D eigenvalue weighted by Gasteiger charge is 2.13. The van der Waals surface area contributed by atoms with Crippen LogP contribution >= 0.6 is 15.9 Å². The Morgan fingerprint density at radius 2 is 2.22 bits per heavy atom. The lowest BCUT2D eigenvalue weighted by molar-refractivity contribution is -0.116. The van der Waals surface area contributed by atoms with E-state index in [-0.39, 0.29) is 6.54 Å². The first-order chi connectivity index (χ1) is 8.58. The van der Waals surface area contributed by atoms with E-state index in [4.69, 9.17) is 5.73 Å². The van der Waals surface area contributed by atoms with Crippen molar-refractivity contribution in [2.24, 2.45) is 5.73 Å². The molecule has 0 spiro atoms. The molecule has 98 valence electrons. The number of unbranched alkanes of at least 4 members (excludes halogenated alkanes) is 1. The van der Waals surface area contributed by atoms with Gasteiger partial charge in [-0.25, -0.2) is 0 Å². The third-order valence-corrected chi connectivity index (χ3v) is 3.08. The number of nitrogens with zero attached hydrogens (tertiary/aromatic N) is 1. The van der Waals surface area contributed by atoms with Crippen LogP contribution < -0.4 is 10.6 Å². The van der Waals surface area contributed by atoms with E-state index in [0.717, 1.165) is 29.3 Å². The van der Waals surface area contributed by atoms with E-state index in [2.05, 4.69) is 22.9 Å². The van der Waals surface area contributed by atoms with Gasteiger partial charge in [0.05, 0.1) is 6.54 Å². The van der Waals surface area contributed by atoms with Gasteiger partial charge in [0, 0.05) is 22.3 Å². The Morgan fingerprint density at radius 1 is 1.50 bits per heavy atom. The zero-order valence-corrected chi connectivity index (χ0v) is 11.9. The fourth-order valence-electron chi connectivity index (χ4n) is 1.73. The van der Waals surface area contributed by atoms with Gasteiger partial charge in [0.15, 0.2) is 6.29 Å². The topological polar surface area (TPSA) is 63.4 Å². The highest BCUT2D eigenvalue weighted by molar-refractivity contribution is 9.10. The summed E-state index contributed by atoms with van der Waals surface area (Å²) in [5, 5.41) is 0. The van der Waals surface area contributed by atoms with Crippen LogP contribution in [0.2, 0.25) is 0 Å². The number of carbonyl (C=O) groups excluding carboxylic acids is 2. The van der Waals surface area contributed by atoms with Crippen molar-refractivity contribution in [1.29, 1.82) is 0 Å². The van der Waals surface area contributed by atoms with E-state index in [0.29, 0.717) is 12.1 Å². The number of aldehydes is 1. The standard InChI is InChI=1S/C13H17BrN2O2/c1-2-3-6-16(8-13(15)18)12-5-4-11(14)7-10(12)9-17/h4-5,7,9H,2-3,6,8H2,1H3,(H2,15,18). The first-order valence-electron chi connectivity index (χ1n) is 5.86. The number of nitrogens with two attached hydrogens (primary N) is 1. The van der Waals surface area contributed by atoms with Gasteiger partial charge in [0.1, 0.15) is 0 Å². The Kier molecular flexibility index (Phi) is 5.85. The Hall–Kier alpha value is -1.36. The average Bonchev–Trinajstić information content (AvgIpc) is 2.34. The molecule has 1 rings (SSSR count). The Balaban J connectivity index is 3.02. The first-order valence-corrected chi connectivity index (χ1v) is 6.65. The molecule has 1 amide bonds. The summed E-state index contributed by atoms with van der Waals surface area (Å²) >= 11 is 3.32. The predicted octanol–water partition coefficient (Wildman–Crippen LogP) is 2.35. The molecule has 0 atom stereocenters. The van der Waals surface area contributed by atoms with Gasteiger partial charge in [-0.1, -0.05) is 29.3 Å². The number of hydrogen-bond acceptors (Lipinski definition) is 3. The molecule has 5 heteroatoms. The number of carbonyl (C=O) groups is 2. The van der Waals surface area contributed by atoms with Gasteiger partial charge in [0.2, 0.25) is 5.91 Å². The fraction of sp³-hybridized carbons (Fsp3) is 0.385. The number of halogens is 1. The largest absolute Gasteiger partial charge is 0.368 e. The third-order valence-electron chi connectivity index (χ3n) is 2.59. The maximum absolute atomic E-state index is 11.1. The molecule has 0 saturated carbocycles. The van der Waals surface area contributed by atoms with Crippen LogP contribution in [0.5, 0.6) is 0 Å². The van der Waals surface area contributed by atoms with Gasteiger partial charge < -0.3 is 10.6 Å². The summed E-state index contributed by atoms with van der Waals surface area (Å²) < 4.78 is 0.836. The van der Waals surface area contributed by atoms with Crippen LogP contribution in [0.1, 0.15) is 30.1 Å². The summed E-state index contributed by atoms with van der Waals surface area (Å²) in [6, 6.07) is 5.41. The SMILES string of the molecule is CCCCN(CC(N)=O)c1ccc(Br)cc1C=O. The zero-order valence-electron chi connectivity index (χ0n) is 10.4. The monoisotopic (exact) mass is 312 g/mol. The number of benzene rings is 1. The van der Waals surface area contributed by atoms with Crippen LogP contribution in [0.4, 0.5) is 5.69 Å². The quantitative estimate of drug-likeness (QED) is 0.786. The molecule has 0 heterocycles. The molecule has 0 fully saturated rings. The van der Waals surface area contributed by atoms with Gasteiger partial charge in [-0.15, -0.1) is 0 Å². The van der Waals surface area contributed by atoms with Gasteiger partial charge >= 0.3 is 0 Å². The molecule has 0 unspecified atom stereocenters. The second-order valence-electron chi connectivity index (χ2n) is 4.06. The maximum Gasteiger partial charge on any atom is 0.236 e. The third kappa shape index (κ3) is 4.14. The highest BCUT2D eigenvalue weighted by Crippen LogP contribution is 2.23. The second-order valence-corrected chi connectivity index (χ2v) is 4.98. The molecule has 0 radical (unpaired) electrons. The lowest BCUT2D eigenvalue weighted by Gasteiger charge is -2.24. The van der Waals surface area contributed by atoms with Crippen LogP contribution in [0, 0.1) is 0 Å². The van der Waals surface area contributed by atoms with Crippen LogP contribution in [-0.4, -0.2) is 25.3 Å². The van der Waals surface area contributed by atoms with Gasteiger partial charge in [-0.2, -0.15) is 0 Å². The molecule has 1 aromatic rings. The summed E-state index contributed by atoms with van der Waals surface area (Å²) in [5.74, 6) is -0.397. The number of amides is 1. The van der Waals surface area contributed by atoms with E-state index in [1.807, 2.05) is 17.0 Å². The minimum absolute atomic E-state index is 0.127. The second kappa shape index (κ2) is 7.16. The summed E-state index contributed by atoms with van der Waals surface area (Å²) in [4.78, 5) is 24.0. The van der Waals surface area contributed by atoms with Crippen LogP contribution in [0.3, 0.4) is 0 Å². The van der Waals surface area contributed by atoms with Crippen molar-refractivity contribution in [3.63, 3.8) is 0 Å². The maximum atomic E-state index is 11.1. The van der Waals surface area contributed by atoms with Gasteiger partial charge in [0.25, 0.3) is 0 Å². The molecule has 1 aromatic carbocycles. The molecule has 0 aliphatic carbocycles. The van der Waals surface area contributed by atoms with Crippen molar-refractivity contribution in [2.45, 2.75) is 19.8 Å². The van der Waals surface area contributed by atoms with E-state index in [1.54, 1.807) is 6.07 Å². The first kappa shape index (κ1) is 14.7. The van der Waals surface area contributed by atoms with E-state index in [1.165, 1.54) is 0 Å². The van der Waals surface area contributed by atoms with Crippen molar-refractivity contribution in [2.75, 3.05) is 18.0 Å². The summed E-state index contributed by atoms with van der Waals surface area (Å²) in [6.45, 7) is 2.91. The average molecular weight is 313 g/mol. The van der Waals surface area contributed by atoms with Crippen LogP contribution in [-0.2, 0) is 4.79 Å².